The van der Waals surface area contributed by atoms with Crippen molar-refractivity contribution < 1.29 is 24.2 Å². The van der Waals surface area contributed by atoms with Gasteiger partial charge < -0.3 is 14.6 Å². The van der Waals surface area contributed by atoms with E-state index in [9.17, 15) is 9.59 Å². The molecule has 0 saturated carbocycles. The van der Waals surface area contributed by atoms with Crippen LogP contribution < -0.4 is 0 Å². The van der Waals surface area contributed by atoms with Crippen LogP contribution in [0.4, 0.5) is 0 Å². The van der Waals surface area contributed by atoms with Crippen molar-refractivity contribution >= 4 is 11.9 Å². The van der Waals surface area contributed by atoms with E-state index >= 15 is 0 Å². The molecule has 0 heterocycles. The van der Waals surface area contributed by atoms with E-state index in [0.29, 0.717) is 19.3 Å². The Morgan fingerprint density at radius 3 is 2.15 bits per heavy atom. The maximum atomic E-state index is 10.7. The summed E-state index contributed by atoms with van der Waals surface area (Å²) < 4.78 is 8.69. The molecule has 5 heteroatoms. The summed E-state index contributed by atoms with van der Waals surface area (Å²) in [5.74, 6) is -0.733. The third-order valence-electron chi connectivity index (χ3n) is 1.47. The van der Waals surface area contributed by atoms with Crippen molar-refractivity contribution in [3.63, 3.8) is 0 Å². The molecule has 1 N–H and O–H groups in total. The van der Waals surface area contributed by atoms with E-state index in [4.69, 9.17) is 5.11 Å². The Balaban J connectivity index is 3.25. The molecule has 0 atom stereocenters. The highest BCUT2D eigenvalue weighted by Gasteiger charge is 2.03. The maximum Gasteiger partial charge on any atom is 0.307 e. The maximum absolute atomic E-state index is 10.7. The lowest BCUT2D eigenvalue weighted by molar-refractivity contribution is -0.152. The number of unbranched alkanes of at least 4 members (excludes halogenated alkanes) is 1. The van der Waals surface area contributed by atoms with Gasteiger partial charge in [0, 0.05) is 12.8 Å². The predicted molar refractivity (Wildman–Crippen MR) is 43.7 cm³/mol. The monoisotopic (exact) mass is 190 g/mol. The summed E-state index contributed by atoms with van der Waals surface area (Å²) in [6.07, 6.45) is 1.68. The van der Waals surface area contributed by atoms with E-state index in [0.717, 1.165) is 0 Å². The average Bonchev–Trinajstić information content (AvgIpc) is 2.12. The third kappa shape index (κ3) is 7.27. The number of hydrogen-bond acceptors (Lipinski definition) is 5. The van der Waals surface area contributed by atoms with Gasteiger partial charge in [-0.15, -0.1) is 0 Å². The molecule has 0 unspecified atom stereocenters. The predicted octanol–water partition coefficient (Wildman–Crippen LogP) is 0.213. The molecule has 0 fully saturated rings. The molecule has 0 aliphatic carbocycles. The summed E-state index contributed by atoms with van der Waals surface area (Å²) in [5.41, 5.74) is 0. The third-order valence-corrected chi connectivity index (χ3v) is 1.47. The topological polar surface area (TPSA) is 72.8 Å². The van der Waals surface area contributed by atoms with Crippen LogP contribution in [0.25, 0.3) is 0 Å². The number of carbonyl (C=O) groups excluding carboxylic acids is 2. The quantitative estimate of drug-likeness (QED) is 0.368. The number of rotatable bonds is 6. The van der Waals surface area contributed by atoms with Crippen LogP contribution in [0.5, 0.6) is 0 Å². The van der Waals surface area contributed by atoms with Crippen LogP contribution in [-0.4, -0.2) is 30.9 Å². The van der Waals surface area contributed by atoms with Gasteiger partial charge in [0.1, 0.15) is 0 Å². The van der Waals surface area contributed by atoms with Crippen molar-refractivity contribution in [2.45, 2.75) is 25.7 Å². The van der Waals surface area contributed by atoms with E-state index in [-0.39, 0.29) is 12.4 Å². The van der Waals surface area contributed by atoms with Gasteiger partial charge in [-0.2, -0.15) is 0 Å². The Morgan fingerprint density at radius 1 is 1.15 bits per heavy atom. The smallest absolute Gasteiger partial charge is 0.307 e. The Kier molecular flexibility index (Phi) is 6.91. The first-order valence-corrected chi connectivity index (χ1v) is 4.04. The molecule has 0 spiro atoms. The summed E-state index contributed by atoms with van der Waals surface area (Å²) in [6.45, 7) is -0.587. The Morgan fingerprint density at radius 2 is 1.69 bits per heavy atom. The van der Waals surface area contributed by atoms with Crippen molar-refractivity contribution in [2.75, 3.05) is 13.9 Å². The van der Waals surface area contributed by atoms with Crippen molar-refractivity contribution in [1.29, 1.82) is 0 Å². The van der Waals surface area contributed by atoms with Gasteiger partial charge in [-0.25, -0.2) is 0 Å². The summed E-state index contributed by atoms with van der Waals surface area (Å²) in [6, 6.07) is 0. The van der Waals surface area contributed by atoms with Gasteiger partial charge in [0.15, 0.2) is 6.79 Å². The van der Waals surface area contributed by atoms with Crippen LogP contribution in [0.15, 0.2) is 0 Å². The lowest BCUT2D eigenvalue weighted by atomic mass is 10.2. The van der Waals surface area contributed by atoms with Gasteiger partial charge in [-0.1, -0.05) is 0 Å². The van der Waals surface area contributed by atoms with E-state index in [2.05, 4.69) is 9.47 Å². The molecular weight excluding hydrogens is 176 g/mol. The molecule has 0 aromatic carbocycles. The standard InChI is InChI=1S/C8H14O5/c1-12-7(10)4-2-3-5-8(11)13-6-9/h9H,2-6H2,1H3. The van der Waals surface area contributed by atoms with Crippen LogP contribution in [0.1, 0.15) is 25.7 Å². The van der Waals surface area contributed by atoms with E-state index in [1.165, 1.54) is 7.11 Å². The van der Waals surface area contributed by atoms with E-state index in [1.54, 1.807) is 0 Å². The second kappa shape index (κ2) is 7.54. The summed E-state index contributed by atoms with van der Waals surface area (Å²) >= 11 is 0. The van der Waals surface area contributed by atoms with Gasteiger partial charge in [0.25, 0.3) is 0 Å². The molecule has 0 aromatic heterocycles. The minimum absolute atomic E-state index is 0.220. The van der Waals surface area contributed by atoms with Crippen molar-refractivity contribution in [3.8, 4) is 0 Å². The van der Waals surface area contributed by atoms with Crippen molar-refractivity contribution in [1.82, 2.24) is 0 Å². The van der Waals surface area contributed by atoms with Gasteiger partial charge in [0.2, 0.25) is 0 Å². The number of carbonyl (C=O) groups is 2. The SMILES string of the molecule is COC(=O)CCCCC(=O)OCO. The Hall–Kier alpha value is -1.10. The molecule has 0 bridgehead atoms. The zero-order valence-electron chi connectivity index (χ0n) is 7.62. The molecule has 0 aliphatic rings. The molecule has 5 nitrogen and oxygen atoms in total. The Bertz CT molecular complexity index is 166. The van der Waals surface area contributed by atoms with Gasteiger partial charge >= 0.3 is 11.9 Å². The number of esters is 2. The second-order valence-corrected chi connectivity index (χ2v) is 2.43. The molecule has 0 aromatic rings. The molecule has 0 rings (SSSR count). The fourth-order valence-corrected chi connectivity index (χ4v) is 0.785. The minimum atomic E-state index is -0.587. The second-order valence-electron chi connectivity index (χ2n) is 2.43. The van der Waals surface area contributed by atoms with Crippen LogP contribution in [0.3, 0.4) is 0 Å². The molecule has 0 aliphatic heterocycles. The first kappa shape index (κ1) is 11.9. The number of methoxy groups -OCH3 is 1. The zero-order valence-corrected chi connectivity index (χ0v) is 7.62. The number of aliphatic hydroxyl groups excluding tert-OH is 1. The van der Waals surface area contributed by atoms with Gasteiger partial charge in [0.05, 0.1) is 7.11 Å². The van der Waals surface area contributed by atoms with Gasteiger partial charge in [-0.3, -0.25) is 9.59 Å². The molecule has 76 valence electrons. The van der Waals surface area contributed by atoms with Crippen LogP contribution in [0, 0.1) is 0 Å². The molecule has 0 amide bonds. The normalized spacial score (nSPS) is 9.38. The van der Waals surface area contributed by atoms with Crippen LogP contribution in [-0.2, 0) is 19.1 Å². The highest BCUT2D eigenvalue weighted by atomic mass is 16.6. The number of aliphatic hydroxyl groups is 1. The summed E-state index contributed by atoms with van der Waals surface area (Å²) in [4.78, 5) is 21.3. The van der Waals surface area contributed by atoms with Crippen LogP contribution >= 0.6 is 0 Å². The minimum Gasteiger partial charge on any atom is -0.469 e. The summed E-state index contributed by atoms with van der Waals surface area (Å²) in [7, 11) is 1.32. The molecule has 0 radical (unpaired) electrons. The molecule has 13 heavy (non-hydrogen) atoms. The number of ether oxygens (including phenoxy) is 2. The fraction of sp³-hybridized carbons (Fsp3) is 0.750. The lowest BCUT2D eigenvalue weighted by Crippen LogP contribution is -2.05. The van der Waals surface area contributed by atoms with Crippen LogP contribution in [0.2, 0.25) is 0 Å². The highest BCUT2D eigenvalue weighted by molar-refractivity contribution is 5.70. The first-order chi connectivity index (χ1) is 6.20. The number of hydrogen-bond donors (Lipinski definition) is 1. The van der Waals surface area contributed by atoms with Crippen molar-refractivity contribution in [3.05, 3.63) is 0 Å². The fourth-order valence-electron chi connectivity index (χ4n) is 0.785. The van der Waals surface area contributed by atoms with Crippen molar-refractivity contribution in [2.24, 2.45) is 0 Å². The molecule has 0 saturated heterocycles. The Labute approximate surface area is 76.6 Å². The van der Waals surface area contributed by atoms with E-state index < -0.39 is 12.8 Å². The first-order valence-electron chi connectivity index (χ1n) is 4.04. The van der Waals surface area contributed by atoms with Gasteiger partial charge in [-0.05, 0) is 12.8 Å². The highest BCUT2D eigenvalue weighted by Crippen LogP contribution is 2.01. The largest absolute Gasteiger partial charge is 0.469 e. The zero-order chi connectivity index (χ0) is 10.1. The lowest BCUT2D eigenvalue weighted by Gasteiger charge is -2.00. The molecular formula is C8H14O5. The average molecular weight is 190 g/mol. The summed E-state index contributed by atoms with van der Waals surface area (Å²) in [5, 5.41) is 8.20. The van der Waals surface area contributed by atoms with E-state index in [1.807, 2.05) is 0 Å².